The molecule has 1 fully saturated rings. The molecule has 0 bridgehead atoms. The van der Waals surface area contributed by atoms with Gasteiger partial charge in [0.15, 0.2) is 0 Å². The van der Waals surface area contributed by atoms with Crippen LogP contribution in [0.5, 0.6) is 5.75 Å². The predicted molar refractivity (Wildman–Crippen MR) is 101 cm³/mol. The first-order valence-corrected chi connectivity index (χ1v) is 8.80. The second-order valence-corrected chi connectivity index (χ2v) is 6.61. The van der Waals surface area contributed by atoms with Crippen LogP contribution < -0.4 is 4.74 Å². The molecule has 5 heteroatoms. The van der Waals surface area contributed by atoms with E-state index in [-0.39, 0.29) is 11.8 Å². The van der Waals surface area contributed by atoms with E-state index in [1.807, 2.05) is 56.3 Å². The van der Waals surface area contributed by atoms with Crippen LogP contribution in [0.3, 0.4) is 0 Å². The largest absolute Gasteiger partial charge is 0.496 e. The van der Waals surface area contributed by atoms with E-state index in [0.29, 0.717) is 43.1 Å². The zero-order valence-electron chi connectivity index (χ0n) is 15.5. The van der Waals surface area contributed by atoms with Gasteiger partial charge in [-0.2, -0.15) is 0 Å². The van der Waals surface area contributed by atoms with E-state index >= 15 is 0 Å². The van der Waals surface area contributed by atoms with Crippen molar-refractivity contribution < 1.29 is 14.3 Å². The first kappa shape index (κ1) is 18.0. The van der Waals surface area contributed by atoms with Crippen molar-refractivity contribution in [2.75, 3.05) is 33.3 Å². The Morgan fingerprint density at radius 1 is 0.885 bits per heavy atom. The van der Waals surface area contributed by atoms with Gasteiger partial charge in [-0.05, 0) is 43.2 Å². The van der Waals surface area contributed by atoms with Crippen LogP contribution in [0.1, 0.15) is 31.8 Å². The maximum Gasteiger partial charge on any atom is 0.258 e. The number of aryl methyl sites for hydroxylation is 2. The minimum Gasteiger partial charge on any atom is -0.496 e. The van der Waals surface area contributed by atoms with Crippen LogP contribution in [0.25, 0.3) is 0 Å². The molecular weight excluding hydrogens is 328 g/mol. The quantitative estimate of drug-likeness (QED) is 0.853. The van der Waals surface area contributed by atoms with Gasteiger partial charge in [-0.15, -0.1) is 0 Å². The number of carbonyl (C=O) groups is 2. The first-order chi connectivity index (χ1) is 12.5. The van der Waals surface area contributed by atoms with Gasteiger partial charge in [0.25, 0.3) is 11.8 Å². The van der Waals surface area contributed by atoms with Crippen LogP contribution in [0.15, 0.2) is 42.5 Å². The number of piperazine rings is 1. The molecule has 0 atom stereocenters. The van der Waals surface area contributed by atoms with Gasteiger partial charge in [-0.25, -0.2) is 0 Å². The summed E-state index contributed by atoms with van der Waals surface area (Å²) < 4.78 is 5.42. The highest BCUT2D eigenvalue weighted by Crippen LogP contribution is 2.26. The standard InChI is InChI=1S/C21H24N2O3/c1-15-13-16(2)19(18(14-15)26-3)21(25)23-11-9-22(10-12-23)20(24)17-7-5-4-6-8-17/h4-8,13-14H,9-12H2,1-3H3. The summed E-state index contributed by atoms with van der Waals surface area (Å²) in [5, 5.41) is 0. The number of hydrogen-bond donors (Lipinski definition) is 0. The van der Waals surface area contributed by atoms with Crippen LogP contribution in [0, 0.1) is 13.8 Å². The topological polar surface area (TPSA) is 49.9 Å². The Kier molecular flexibility index (Phi) is 5.26. The molecular formula is C21H24N2O3. The van der Waals surface area contributed by atoms with Crippen molar-refractivity contribution in [3.63, 3.8) is 0 Å². The van der Waals surface area contributed by atoms with Crippen LogP contribution >= 0.6 is 0 Å². The lowest BCUT2D eigenvalue weighted by Gasteiger charge is -2.35. The minimum absolute atomic E-state index is 0.0156. The van der Waals surface area contributed by atoms with E-state index in [9.17, 15) is 9.59 Å². The predicted octanol–water partition coefficient (Wildman–Crippen LogP) is 2.91. The van der Waals surface area contributed by atoms with Crippen LogP contribution in [-0.2, 0) is 0 Å². The fourth-order valence-corrected chi connectivity index (χ4v) is 3.40. The monoisotopic (exact) mass is 352 g/mol. The normalized spacial score (nSPS) is 14.3. The molecule has 1 saturated heterocycles. The molecule has 0 radical (unpaired) electrons. The summed E-state index contributed by atoms with van der Waals surface area (Å²) in [5.74, 6) is 0.586. The van der Waals surface area contributed by atoms with Crippen molar-refractivity contribution in [1.82, 2.24) is 9.80 Å². The molecule has 1 aliphatic rings. The smallest absolute Gasteiger partial charge is 0.258 e. The van der Waals surface area contributed by atoms with Crippen molar-refractivity contribution in [3.05, 3.63) is 64.7 Å². The number of carbonyl (C=O) groups excluding carboxylic acids is 2. The Labute approximate surface area is 154 Å². The number of amides is 2. The van der Waals surface area contributed by atoms with Gasteiger partial charge >= 0.3 is 0 Å². The Hall–Kier alpha value is -2.82. The average molecular weight is 352 g/mol. The zero-order valence-corrected chi connectivity index (χ0v) is 15.5. The molecule has 3 rings (SSSR count). The SMILES string of the molecule is COc1cc(C)cc(C)c1C(=O)N1CCN(C(=O)c2ccccc2)CC1. The van der Waals surface area contributed by atoms with Crippen molar-refractivity contribution in [2.24, 2.45) is 0 Å². The molecule has 0 aliphatic carbocycles. The molecule has 0 N–H and O–H groups in total. The van der Waals surface area contributed by atoms with Crippen molar-refractivity contribution in [3.8, 4) is 5.75 Å². The highest BCUT2D eigenvalue weighted by atomic mass is 16.5. The van der Waals surface area contributed by atoms with E-state index < -0.39 is 0 Å². The third-order valence-electron chi connectivity index (χ3n) is 4.75. The lowest BCUT2D eigenvalue weighted by atomic mass is 10.0. The Morgan fingerprint density at radius 3 is 2.04 bits per heavy atom. The van der Waals surface area contributed by atoms with E-state index in [4.69, 9.17) is 4.74 Å². The van der Waals surface area contributed by atoms with E-state index in [0.717, 1.165) is 11.1 Å². The fraction of sp³-hybridized carbons (Fsp3) is 0.333. The van der Waals surface area contributed by atoms with E-state index in [1.165, 1.54) is 0 Å². The van der Waals surface area contributed by atoms with Gasteiger partial charge in [0.05, 0.1) is 12.7 Å². The maximum atomic E-state index is 13.0. The minimum atomic E-state index is -0.0360. The molecule has 26 heavy (non-hydrogen) atoms. The molecule has 0 spiro atoms. The van der Waals surface area contributed by atoms with Crippen LogP contribution in [0.4, 0.5) is 0 Å². The second-order valence-electron chi connectivity index (χ2n) is 6.61. The number of benzene rings is 2. The van der Waals surface area contributed by atoms with Crippen molar-refractivity contribution in [2.45, 2.75) is 13.8 Å². The lowest BCUT2D eigenvalue weighted by Crippen LogP contribution is -2.50. The average Bonchev–Trinajstić information content (AvgIpc) is 2.67. The number of hydrogen-bond acceptors (Lipinski definition) is 3. The molecule has 1 heterocycles. The van der Waals surface area contributed by atoms with Crippen molar-refractivity contribution >= 4 is 11.8 Å². The van der Waals surface area contributed by atoms with E-state index in [2.05, 4.69) is 0 Å². The Balaban J connectivity index is 1.71. The molecule has 0 aromatic heterocycles. The van der Waals surface area contributed by atoms with Gasteiger partial charge in [0.1, 0.15) is 5.75 Å². The van der Waals surface area contributed by atoms with E-state index in [1.54, 1.807) is 16.9 Å². The third kappa shape index (κ3) is 3.57. The molecule has 2 amide bonds. The Morgan fingerprint density at radius 2 is 1.46 bits per heavy atom. The number of rotatable bonds is 3. The fourth-order valence-electron chi connectivity index (χ4n) is 3.40. The summed E-state index contributed by atoms with van der Waals surface area (Å²) in [4.78, 5) is 29.1. The highest BCUT2D eigenvalue weighted by Gasteiger charge is 2.27. The molecule has 1 aliphatic heterocycles. The van der Waals surface area contributed by atoms with Crippen LogP contribution in [-0.4, -0.2) is 54.9 Å². The lowest BCUT2D eigenvalue weighted by molar-refractivity contribution is 0.0533. The zero-order chi connectivity index (χ0) is 18.7. The number of methoxy groups -OCH3 is 1. The van der Waals surface area contributed by atoms with Gasteiger partial charge in [0, 0.05) is 31.7 Å². The molecule has 136 valence electrons. The summed E-state index contributed by atoms with van der Waals surface area (Å²) in [7, 11) is 1.58. The Bertz CT molecular complexity index is 810. The second kappa shape index (κ2) is 7.60. The maximum absolute atomic E-state index is 13.0. The summed E-state index contributed by atoms with van der Waals surface area (Å²) >= 11 is 0. The molecule has 5 nitrogen and oxygen atoms in total. The number of nitrogens with zero attached hydrogens (tertiary/aromatic N) is 2. The first-order valence-electron chi connectivity index (χ1n) is 8.80. The van der Waals surface area contributed by atoms with Crippen molar-refractivity contribution in [1.29, 1.82) is 0 Å². The summed E-state index contributed by atoms with van der Waals surface area (Å²) in [6.45, 7) is 6.02. The van der Waals surface area contributed by atoms with Gasteiger partial charge in [-0.1, -0.05) is 24.3 Å². The van der Waals surface area contributed by atoms with Gasteiger partial charge in [-0.3, -0.25) is 9.59 Å². The molecule has 2 aromatic rings. The highest BCUT2D eigenvalue weighted by molar-refractivity contribution is 5.99. The van der Waals surface area contributed by atoms with Gasteiger partial charge in [0.2, 0.25) is 0 Å². The van der Waals surface area contributed by atoms with Gasteiger partial charge < -0.3 is 14.5 Å². The molecule has 0 saturated carbocycles. The number of ether oxygens (including phenoxy) is 1. The molecule has 2 aromatic carbocycles. The molecule has 0 unspecified atom stereocenters. The summed E-state index contributed by atoms with van der Waals surface area (Å²) in [6.07, 6.45) is 0. The third-order valence-corrected chi connectivity index (χ3v) is 4.75. The summed E-state index contributed by atoms with van der Waals surface area (Å²) in [5.41, 5.74) is 3.27. The van der Waals surface area contributed by atoms with Crippen LogP contribution in [0.2, 0.25) is 0 Å². The summed E-state index contributed by atoms with van der Waals surface area (Å²) in [6, 6.07) is 13.1.